The zero-order chi connectivity index (χ0) is 27.0. The van der Waals surface area contributed by atoms with Crippen molar-refractivity contribution in [3.63, 3.8) is 0 Å². The van der Waals surface area contributed by atoms with Crippen molar-refractivity contribution in [2.75, 3.05) is 13.7 Å². The van der Waals surface area contributed by atoms with Gasteiger partial charge in [0, 0.05) is 30.1 Å². The molecule has 12 heteroatoms. The van der Waals surface area contributed by atoms with Crippen LogP contribution in [0.25, 0.3) is 17.4 Å². The number of hydrogen-bond acceptors (Lipinski definition) is 9. The minimum absolute atomic E-state index is 0.0125. The molecular weight excluding hydrogens is 496 g/mol. The number of carbonyl (C=O) groups excluding carboxylic acids is 1. The molecule has 5 rings (SSSR count). The first-order chi connectivity index (χ1) is 18.3. The Balaban J connectivity index is 1.61. The highest BCUT2D eigenvalue weighted by Gasteiger charge is 2.34. The lowest BCUT2D eigenvalue weighted by Crippen LogP contribution is -2.40. The number of oxazole rings is 1. The number of carbonyl (C=O) groups is 1. The van der Waals surface area contributed by atoms with Crippen molar-refractivity contribution < 1.29 is 28.0 Å². The second kappa shape index (κ2) is 9.73. The van der Waals surface area contributed by atoms with E-state index in [4.69, 9.17) is 18.3 Å². The molecule has 1 aliphatic heterocycles. The van der Waals surface area contributed by atoms with Crippen molar-refractivity contribution in [1.29, 1.82) is 0 Å². The molecule has 1 aliphatic rings. The molecule has 3 aromatic heterocycles. The number of hydrogen-bond donors (Lipinski definition) is 1. The predicted molar refractivity (Wildman–Crippen MR) is 133 cm³/mol. The molecule has 12 nitrogen and oxygen atoms in total. The molecule has 4 aromatic rings. The number of methoxy groups -OCH3 is 1. The van der Waals surface area contributed by atoms with Crippen LogP contribution in [0.3, 0.4) is 0 Å². The topological polar surface area (TPSA) is 155 Å². The first kappa shape index (κ1) is 24.6. The highest BCUT2D eigenvalue weighted by atomic mass is 16.6. The summed E-state index contributed by atoms with van der Waals surface area (Å²) in [7, 11) is 1.44. The second-order valence-electron chi connectivity index (χ2n) is 8.27. The number of nitro groups is 1. The van der Waals surface area contributed by atoms with Gasteiger partial charge in [0.2, 0.25) is 0 Å². The summed E-state index contributed by atoms with van der Waals surface area (Å²) in [6.45, 7) is 3.50. The van der Waals surface area contributed by atoms with Crippen molar-refractivity contribution >= 4 is 17.7 Å². The Kier molecular flexibility index (Phi) is 6.29. The maximum absolute atomic E-state index is 13.5. The number of benzene rings is 1. The molecular formula is C26H22N4O8. The van der Waals surface area contributed by atoms with Crippen LogP contribution in [0.5, 0.6) is 5.75 Å². The predicted octanol–water partition coefficient (Wildman–Crippen LogP) is 2.83. The van der Waals surface area contributed by atoms with Crippen LogP contribution in [-0.2, 0) is 9.53 Å². The van der Waals surface area contributed by atoms with Gasteiger partial charge in [-0.2, -0.15) is 0 Å². The number of fused-ring (bicyclic) bond motifs is 1. The zero-order valence-corrected chi connectivity index (χ0v) is 20.6. The first-order valence-corrected chi connectivity index (χ1v) is 11.6. The maximum Gasteiger partial charge on any atom is 0.338 e. The van der Waals surface area contributed by atoms with Gasteiger partial charge in [-0.1, -0.05) is 0 Å². The van der Waals surface area contributed by atoms with E-state index in [1.165, 1.54) is 36.0 Å². The lowest BCUT2D eigenvalue weighted by atomic mass is 10.0. The van der Waals surface area contributed by atoms with Gasteiger partial charge in [-0.3, -0.25) is 14.9 Å². The number of ether oxygens (including phenoxy) is 2. The van der Waals surface area contributed by atoms with Crippen molar-refractivity contribution in [2.24, 2.45) is 4.99 Å². The molecule has 0 aliphatic carbocycles. The number of nitrogens with one attached hydrogen (secondary N) is 1. The summed E-state index contributed by atoms with van der Waals surface area (Å²) in [4.78, 5) is 44.4. The Labute approximate surface area is 214 Å². The van der Waals surface area contributed by atoms with Crippen LogP contribution in [0.1, 0.15) is 31.3 Å². The molecule has 0 bridgehead atoms. The summed E-state index contributed by atoms with van der Waals surface area (Å²) in [6, 6.07) is 10.0. The third kappa shape index (κ3) is 4.21. The highest BCUT2D eigenvalue weighted by molar-refractivity contribution is 5.91. The third-order valence-corrected chi connectivity index (χ3v) is 5.99. The van der Waals surface area contributed by atoms with E-state index in [2.05, 4.69) is 9.98 Å². The number of H-pyrrole nitrogens is 1. The standard InChI is InChI=1S/C26H22N4O8/c1-4-36-25(32)22-14(2)28-26-29(23(22)18-6-5-11-27-18)24(31)21(38-26)13-16-8-10-20(37-16)17-12-15(30(33)34)7-9-19(17)35-3/h5-13,23,27H,4H2,1-3H3/b21-13+. The van der Waals surface area contributed by atoms with Gasteiger partial charge in [0.25, 0.3) is 11.2 Å². The molecule has 0 spiro atoms. The Morgan fingerprint density at radius 1 is 1.26 bits per heavy atom. The Hall–Kier alpha value is -5.13. The van der Waals surface area contributed by atoms with Crippen molar-refractivity contribution in [3.8, 4) is 17.1 Å². The number of aromatic nitrogens is 2. The summed E-state index contributed by atoms with van der Waals surface area (Å²) >= 11 is 0. The monoisotopic (exact) mass is 518 g/mol. The largest absolute Gasteiger partial charge is 0.496 e. The molecule has 194 valence electrons. The number of aromatic amines is 1. The van der Waals surface area contributed by atoms with E-state index < -0.39 is 22.5 Å². The number of allylic oxidation sites excluding steroid dienone is 1. The fraction of sp³-hybridized carbons (Fsp3) is 0.192. The Bertz CT molecular complexity index is 1750. The molecule has 1 unspecified atom stereocenters. The molecule has 4 heterocycles. The summed E-state index contributed by atoms with van der Waals surface area (Å²) < 4.78 is 23.5. The number of nitro benzene ring substituents is 1. The van der Waals surface area contributed by atoms with Crippen LogP contribution in [0.4, 0.5) is 5.69 Å². The number of rotatable bonds is 7. The minimum atomic E-state index is -0.837. The SMILES string of the molecule is CCOC(=O)C1=C(C)N=c2o/c(=C/c3ccc(-c4cc([N+](=O)[O-])ccc4OC)o3)c(=O)n2C1c1ccc[nH]1. The third-order valence-electron chi connectivity index (χ3n) is 5.99. The summed E-state index contributed by atoms with van der Waals surface area (Å²) in [5.74, 6) is 0.346. The molecule has 0 fully saturated rings. The van der Waals surface area contributed by atoms with E-state index in [-0.39, 0.29) is 34.7 Å². The quantitative estimate of drug-likeness (QED) is 0.222. The molecule has 0 saturated heterocycles. The van der Waals surface area contributed by atoms with E-state index in [0.29, 0.717) is 28.5 Å². The molecule has 0 radical (unpaired) electrons. The van der Waals surface area contributed by atoms with Crippen molar-refractivity contribution in [2.45, 2.75) is 19.9 Å². The summed E-state index contributed by atoms with van der Waals surface area (Å²) in [5.41, 5.74) is 0.799. The van der Waals surface area contributed by atoms with Crippen molar-refractivity contribution in [1.82, 2.24) is 9.55 Å². The van der Waals surface area contributed by atoms with Crippen molar-refractivity contribution in [3.05, 3.63) is 103 Å². The number of non-ortho nitro benzene ring substituents is 1. The number of furan rings is 1. The molecule has 1 N–H and O–H groups in total. The van der Waals surface area contributed by atoms with Crippen LogP contribution in [-0.4, -0.2) is 34.2 Å². The van der Waals surface area contributed by atoms with E-state index >= 15 is 0 Å². The fourth-order valence-electron chi connectivity index (χ4n) is 4.31. The van der Waals surface area contributed by atoms with E-state index in [1.807, 2.05) is 0 Å². The molecule has 1 atom stereocenters. The van der Waals surface area contributed by atoms with Gasteiger partial charge in [-0.05, 0) is 44.2 Å². The van der Waals surface area contributed by atoms with Gasteiger partial charge >= 0.3 is 11.7 Å². The summed E-state index contributed by atoms with van der Waals surface area (Å²) in [5, 5.41) is 11.2. The lowest BCUT2D eigenvalue weighted by molar-refractivity contribution is -0.384. The van der Waals surface area contributed by atoms with Crippen LogP contribution < -0.4 is 21.4 Å². The average molecular weight is 518 g/mol. The molecule has 0 amide bonds. The van der Waals surface area contributed by atoms with E-state index in [0.717, 1.165) is 0 Å². The van der Waals surface area contributed by atoms with Crippen LogP contribution in [0.15, 0.2) is 78.6 Å². The fourth-order valence-corrected chi connectivity index (χ4v) is 4.31. The van der Waals surface area contributed by atoms with Crippen LogP contribution >= 0.6 is 0 Å². The zero-order valence-electron chi connectivity index (χ0n) is 20.6. The summed E-state index contributed by atoms with van der Waals surface area (Å²) in [6.07, 6.45) is 3.07. The average Bonchev–Trinajstić information content (AvgIpc) is 3.65. The lowest BCUT2D eigenvalue weighted by Gasteiger charge is -2.22. The number of nitrogens with zero attached hydrogens (tertiary/aromatic N) is 3. The van der Waals surface area contributed by atoms with Gasteiger partial charge < -0.3 is 23.3 Å². The van der Waals surface area contributed by atoms with Gasteiger partial charge in [-0.25, -0.2) is 14.4 Å². The molecule has 38 heavy (non-hydrogen) atoms. The van der Waals surface area contributed by atoms with Gasteiger partial charge in [0.05, 0.1) is 35.5 Å². The maximum atomic E-state index is 13.5. The Morgan fingerprint density at radius 2 is 2.08 bits per heavy atom. The van der Waals surface area contributed by atoms with Crippen LogP contribution in [0, 0.1) is 10.1 Å². The van der Waals surface area contributed by atoms with E-state index in [9.17, 15) is 19.7 Å². The second-order valence-corrected chi connectivity index (χ2v) is 8.27. The van der Waals surface area contributed by atoms with Gasteiger partial charge in [0.1, 0.15) is 23.3 Å². The van der Waals surface area contributed by atoms with Gasteiger partial charge in [-0.15, -0.1) is 0 Å². The minimum Gasteiger partial charge on any atom is -0.496 e. The highest BCUT2D eigenvalue weighted by Crippen LogP contribution is 2.34. The number of esters is 1. The normalized spacial score (nSPS) is 15.2. The Morgan fingerprint density at radius 3 is 2.76 bits per heavy atom. The van der Waals surface area contributed by atoms with Gasteiger partial charge in [0.15, 0.2) is 5.42 Å². The first-order valence-electron chi connectivity index (χ1n) is 11.6. The smallest absolute Gasteiger partial charge is 0.338 e. The molecule has 0 saturated carbocycles. The van der Waals surface area contributed by atoms with Crippen LogP contribution in [0.2, 0.25) is 0 Å². The van der Waals surface area contributed by atoms with E-state index in [1.54, 1.807) is 44.3 Å². The molecule has 1 aromatic carbocycles.